The highest BCUT2D eigenvalue weighted by Gasteiger charge is 2.53. The molecule has 0 bridgehead atoms. The first kappa shape index (κ1) is 15.0. The molecule has 0 radical (unpaired) electrons. The second kappa shape index (κ2) is 5.91. The van der Waals surface area contributed by atoms with Crippen LogP contribution >= 0.6 is 23.2 Å². The first-order valence-corrected chi connectivity index (χ1v) is 6.49. The Labute approximate surface area is 124 Å². The first-order chi connectivity index (χ1) is 9.43. The van der Waals surface area contributed by atoms with E-state index in [-0.39, 0.29) is 0 Å². The van der Waals surface area contributed by atoms with Crippen molar-refractivity contribution in [2.75, 3.05) is 0 Å². The highest BCUT2D eigenvalue weighted by atomic mass is 35.5. The Morgan fingerprint density at radius 2 is 1.65 bits per heavy atom. The largest absolute Gasteiger partial charge is 0.429 e. The van der Waals surface area contributed by atoms with E-state index < -0.39 is 41.2 Å². The van der Waals surface area contributed by atoms with Gasteiger partial charge in [-0.05, 0) is 23.2 Å². The lowest BCUT2D eigenvalue weighted by Crippen LogP contribution is -2.39. The van der Waals surface area contributed by atoms with Crippen molar-refractivity contribution in [1.29, 1.82) is 0 Å². The number of esters is 1. The third-order valence-electron chi connectivity index (χ3n) is 2.84. The Bertz CT molecular complexity index is 527. The van der Waals surface area contributed by atoms with Gasteiger partial charge in [-0.3, -0.25) is 9.59 Å². The molecular weight excluding hydrogens is 307 g/mol. The van der Waals surface area contributed by atoms with Gasteiger partial charge in [0.1, 0.15) is 0 Å². The van der Waals surface area contributed by atoms with E-state index in [0.29, 0.717) is 5.56 Å². The van der Waals surface area contributed by atoms with E-state index >= 15 is 0 Å². The maximum absolute atomic E-state index is 12.0. The van der Waals surface area contributed by atoms with Gasteiger partial charge in [-0.25, -0.2) is 4.79 Å². The average Bonchev–Trinajstić information content (AvgIpc) is 2.66. The number of ether oxygens (including phenoxy) is 2. The predicted molar refractivity (Wildman–Crippen MR) is 70.0 cm³/mol. The maximum atomic E-state index is 12.0. The summed E-state index contributed by atoms with van der Waals surface area (Å²) in [5.74, 6) is -0.825. The molecule has 1 saturated heterocycles. The summed E-state index contributed by atoms with van der Waals surface area (Å²) in [6, 6.07) is 8.66. The van der Waals surface area contributed by atoms with Crippen LogP contribution in [0.25, 0.3) is 0 Å². The van der Waals surface area contributed by atoms with Gasteiger partial charge in [-0.1, -0.05) is 30.3 Å². The monoisotopic (exact) mass is 316 g/mol. The Hall–Kier alpha value is -1.43. The summed E-state index contributed by atoms with van der Waals surface area (Å²) in [7, 11) is 0. The number of halogens is 2. The van der Waals surface area contributed by atoms with Crippen LogP contribution in [-0.4, -0.2) is 22.1 Å². The summed E-state index contributed by atoms with van der Waals surface area (Å²) in [6.45, 7) is 0. The summed E-state index contributed by atoms with van der Waals surface area (Å²) in [5, 5.41) is -1.62. The summed E-state index contributed by atoms with van der Waals surface area (Å²) >= 11 is 10.6. The number of carbonyl (C=O) groups excluding carboxylic acids is 3. The van der Waals surface area contributed by atoms with Crippen molar-refractivity contribution in [3.05, 3.63) is 35.9 Å². The van der Waals surface area contributed by atoms with Crippen LogP contribution in [0.15, 0.2) is 30.3 Å². The molecule has 0 aromatic heterocycles. The molecule has 0 saturated carbocycles. The molecule has 0 N–H and O–H groups in total. The molecule has 0 spiro atoms. The molecule has 106 valence electrons. The van der Waals surface area contributed by atoms with Gasteiger partial charge in [0.25, 0.3) is 0 Å². The number of hydrogen-bond acceptors (Lipinski definition) is 5. The van der Waals surface area contributed by atoms with Crippen LogP contribution in [0.2, 0.25) is 0 Å². The van der Waals surface area contributed by atoms with E-state index in [9.17, 15) is 14.4 Å². The van der Waals surface area contributed by atoms with Crippen molar-refractivity contribution in [1.82, 2.24) is 0 Å². The van der Waals surface area contributed by atoms with E-state index in [2.05, 4.69) is 0 Å². The molecule has 0 amide bonds. The van der Waals surface area contributed by atoms with Crippen molar-refractivity contribution in [2.45, 2.75) is 24.7 Å². The Balaban J connectivity index is 2.27. The van der Waals surface area contributed by atoms with Crippen LogP contribution in [0.4, 0.5) is 0 Å². The third-order valence-corrected chi connectivity index (χ3v) is 3.11. The molecule has 7 heteroatoms. The molecule has 1 aliphatic heterocycles. The Morgan fingerprint density at radius 1 is 1.10 bits per heavy atom. The van der Waals surface area contributed by atoms with E-state index in [1.54, 1.807) is 30.3 Å². The Kier molecular flexibility index (Phi) is 4.42. The van der Waals surface area contributed by atoms with Crippen molar-refractivity contribution >= 4 is 39.7 Å². The zero-order chi connectivity index (χ0) is 14.8. The maximum Gasteiger partial charge on any atom is 0.342 e. The van der Waals surface area contributed by atoms with Gasteiger partial charge in [0.15, 0.2) is 5.60 Å². The molecule has 1 aromatic rings. The van der Waals surface area contributed by atoms with Crippen LogP contribution in [0.5, 0.6) is 0 Å². The fourth-order valence-corrected chi connectivity index (χ4v) is 2.40. The number of hydrogen-bond donors (Lipinski definition) is 0. The molecule has 0 aliphatic carbocycles. The molecular formula is C13H10Cl2O5. The minimum atomic E-state index is -1.75. The van der Waals surface area contributed by atoms with Gasteiger partial charge < -0.3 is 9.47 Å². The number of rotatable bonds is 5. The lowest BCUT2D eigenvalue weighted by molar-refractivity contribution is -0.147. The highest BCUT2D eigenvalue weighted by molar-refractivity contribution is 6.64. The smallest absolute Gasteiger partial charge is 0.342 e. The summed E-state index contributed by atoms with van der Waals surface area (Å²) in [4.78, 5) is 34.2. The highest BCUT2D eigenvalue weighted by Crippen LogP contribution is 2.39. The van der Waals surface area contributed by atoms with Crippen molar-refractivity contribution < 1.29 is 23.9 Å². The van der Waals surface area contributed by atoms with E-state index in [4.69, 9.17) is 32.7 Å². The second-order valence-corrected chi connectivity index (χ2v) is 5.17. The van der Waals surface area contributed by atoms with Crippen LogP contribution < -0.4 is 0 Å². The van der Waals surface area contributed by atoms with Gasteiger partial charge in [0, 0.05) is 5.56 Å². The second-order valence-electron chi connectivity index (χ2n) is 4.32. The topological polar surface area (TPSA) is 69.7 Å². The molecule has 1 heterocycles. The number of carbonyl (C=O) groups is 3. The quantitative estimate of drug-likeness (QED) is 0.616. The summed E-state index contributed by atoms with van der Waals surface area (Å²) in [6.07, 6.45) is -1.94. The third kappa shape index (κ3) is 3.17. The van der Waals surface area contributed by atoms with Crippen LogP contribution in [0, 0.1) is 0 Å². The minimum Gasteiger partial charge on any atom is -0.429 e. The summed E-state index contributed by atoms with van der Waals surface area (Å²) < 4.78 is 10.6. The molecule has 1 atom stereocenters. The zero-order valence-corrected chi connectivity index (χ0v) is 11.7. The molecule has 1 aliphatic rings. The SMILES string of the molecule is O=C(Cl)CC1(CC(=O)Cl)OC(c2ccccc2)OC1=O. The fourth-order valence-electron chi connectivity index (χ4n) is 1.97. The summed E-state index contributed by atoms with van der Waals surface area (Å²) in [5.41, 5.74) is -1.16. The minimum absolute atomic E-state index is 0.477. The predicted octanol–water partition coefficient (Wildman–Crippen LogP) is 2.31. The average molecular weight is 317 g/mol. The standard InChI is InChI=1S/C13H10Cl2O5/c14-9(16)6-13(7-10(15)17)12(18)19-11(20-13)8-4-2-1-3-5-8/h1-5,11H,6-7H2. The van der Waals surface area contributed by atoms with Crippen LogP contribution in [0.3, 0.4) is 0 Å². The van der Waals surface area contributed by atoms with Gasteiger partial charge in [-0.15, -0.1) is 0 Å². The number of cyclic esters (lactones) is 1. The lowest BCUT2D eigenvalue weighted by Gasteiger charge is -2.20. The zero-order valence-electron chi connectivity index (χ0n) is 10.2. The van der Waals surface area contributed by atoms with Crippen molar-refractivity contribution in [2.24, 2.45) is 0 Å². The van der Waals surface area contributed by atoms with Gasteiger partial charge >= 0.3 is 5.97 Å². The van der Waals surface area contributed by atoms with Crippen molar-refractivity contribution in [3.63, 3.8) is 0 Å². The van der Waals surface area contributed by atoms with Crippen LogP contribution in [-0.2, 0) is 23.9 Å². The molecule has 1 unspecified atom stereocenters. The number of benzene rings is 1. The molecule has 2 rings (SSSR count). The molecule has 1 aromatic carbocycles. The Morgan fingerprint density at radius 3 is 2.15 bits per heavy atom. The molecule has 1 fully saturated rings. The lowest BCUT2D eigenvalue weighted by atomic mass is 9.97. The van der Waals surface area contributed by atoms with E-state index in [1.807, 2.05) is 0 Å². The van der Waals surface area contributed by atoms with E-state index in [1.165, 1.54) is 0 Å². The molecule has 20 heavy (non-hydrogen) atoms. The van der Waals surface area contributed by atoms with Gasteiger partial charge in [0.05, 0.1) is 12.8 Å². The first-order valence-electron chi connectivity index (χ1n) is 5.73. The van der Waals surface area contributed by atoms with Crippen LogP contribution in [0.1, 0.15) is 24.7 Å². The van der Waals surface area contributed by atoms with Crippen molar-refractivity contribution in [3.8, 4) is 0 Å². The fraction of sp³-hybridized carbons (Fsp3) is 0.308. The van der Waals surface area contributed by atoms with Gasteiger partial charge in [-0.2, -0.15) is 0 Å². The van der Waals surface area contributed by atoms with Gasteiger partial charge in [0.2, 0.25) is 16.8 Å². The molecule has 5 nitrogen and oxygen atoms in total. The normalized spacial score (nSPS) is 20.5. The van der Waals surface area contributed by atoms with E-state index in [0.717, 1.165) is 0 Å².